The van der Waals surface area contributed by atoms with Gasteiger partial charge >= 0.3 is 30.2 Å². The number of nitrogens with zero attached hydrogens (tertiary/aromatic N) is 1. The Balaban J connectivity index is 1.26. The number of cyclic esters (lactones) is 1. The summed E-state index contributed by atoms with van der Waals surface area (Å²) in [7, 11) is 0. The van der Waals surface area contributed by atoms with Crippen LogP contribution in [-0.2, 0) is 49.6 Å². The van der Waals surface area contributed by atoms with Gasteiger partial charge in [0.05, 0.1) is 13.0 Å². The zero-order valence-electron chi connectivity index (χ0n) is 37.3. The molecule has 1 aliphatic carbocycles. The summed E-state index contributed by atoms with van der Waals surface area (Å²) in [5.74, 6) is -5.89. The van der Waals surface area contributed by atoms with Crippen molar-refractivity contribution in [3.63, 3.8) is 0 Å². The molecule has 3 aromatic carbocycles. The Kier molecular flexibility index (Phi) is 18.0. The average molecular weight is 929 g/mol. The number of anilines is 1. The fraction of sp³-hybridized carbons (Fsp3) is 0.413. The van der Waals surface area contributed by atoms with E-state index in [2.05, 4.69) is 31.9 Å². The Labute approximate surface area is 386 Å². The number of carbonyl (C=O) groups excluding carboxylic acids is 8. The number of nitrogens with one attached hydrogen (secondary N) is 6. The van der Waals surface area contributed by atoms with E-state index in [4.69, 9.17) is 25.1 Å². The van der Waals surface area contributed by atoms with Gasteiger partial charge in [-0.25, -0.2) is 19.2 Å². The molecule has 5 rings (SSSR count). The van der Waals surface area contributed by atoms with Crippen LogP contribution in [0.15, 0.2) is 72.8 Å². The molecule has 1 aliphatic heterocycles. The molecule has 67 heavy (non-hydrogen) atoms. The fourth-order valence-corrected chi connectivity index (χ4v) is 7.51. The smallest absolute Gasteiger partial charge is 0.410 e. The van der Waals surface area contributed by atoms with Crippen molar-refractivity contribution in [1.29, 1.82) is 0 Å². The third-order valence-corrected chi connectivity index (χ3v) is 11.0. The van der Waals surface area contributed by atoms with Crippen LogP contribution >= 0.6 is 0 Å². The van der Waals surface area contributed by atoms with Crippen LogP contribution in [0.3, 0.4) is 0 Å². The van der Waals surface area contributed by atoms with Crippen LogP contribution in [-0.4, -0.2) is 121 Å². The highest BCUT2D eigenvalue weighted by Gasteiger charge is 2.35. The number of benzene rings is 3. The molecular formula is C46H56N8O13. The molecule has 0 radical (unpaired) electrons. The number of urea groups is 1. The first-order valence-electron chi connectivity index (χ1n) is 21.8. The average Bonchev–Trinajstić information content (AvgIpc) is 3.85. The van der Waals surface area contributed by atoms with Gasteiger partial charge in [-0.1, -0.05) is 74.5 Å². The highest BCUT2D eigenvalue weighted by atomic mass is 16.6. The Bertz CT molecular complexity index is 2260. The lowest BCUT2D eigenvalue weighted by molar-refractivity contribution is -0.141. The molecule has 0 unspecified atom stereocenters. The minimum atomic E-state index is -1.59. The van der Waals surface area contributed by atoms with Crippen LogP contribution in [0.2, 0.25) is 0 Å². The van der Waals surface area contributed by atoms with Crippen LogP contribution in [0.4, 0.5) is 20.1 Å². The Morgan fingerprint density at radius 2 is 1.49 bits per heavy atom. The maximum atomic E-state index is 14.0. The van der Waals surface area contributed by atoms with E-state index >= 15 is 0 Å². The van der Waals surface area contributed by atoms with Crippen molar-refractivity contribution in [2.45, 2.75) is 83.1 Å². The quantitative estimate of drug-likeness (QED) is 0.0409. The van der Waals surface area contributed by atoms with E-state index < -0.39 is 96.8 Å². The SMILES string of the molecule is CCN(CC(=O)O)C(=O)OCc1ccc(NC(=O)[C@H](CCCNC(N)=O)NC(=O)[C@@H](NC(=O)[C@H](CC(=O)N[C@H]2CCOC2=O)NC(=O)OCC2c3ccccc3-c3ccccc32)C(C)C)cc1. The first kappa shape index (κ1) is 50.3. The Morgan fingerprint density at radius 3 is 2.07 bits per heavy atom. The summed E-state index contributed by atoms with van der Waals surface area (Å²) < 4.78 is 15.8. The van der Waals surface area contributed by atoms with Crippen LogP contribution in [0.1, 0.15) is 69.1 Å². The molecular weight excluding hydrogens is 873 g/mol. The lowest BCUT2D eigenvalue weighted by atomic mass is 9.98. The minimum absolute atomic E-state index is 0.00462. The van der Waals surface area contributed by atoms with E-state index in [-0.39, 0.29) is 58.1 Å². The summed E-state index contributed by atoms with van der Waals surface area (Å²) in [6.45, 7) is 4.35. The Hall–Kier alpha value is -7.71. The molecule has 1 fully saturated rings. The first-order valence-corrected chi connectivity index (χ1v) is 21.8. The fourth-order valence-electron chi connectivity index (χ4n) is 7.51. The van der Waals surface area contributed by atoms with Crippen molar-refractivity contribution in [3.8, 4) is 11.1 Å². The van der Waals surface area contributed by atoms with E-state index in [0.717, 1.165) is 27.2 Å². The second-order valence-electron chi connectivity index (χ2n) is 16.2. The molecule has 0 bridgehead atoms. The molecule has 9 N–H and O–H groups in total. The normalized spacial score (nSPS) is 15.0. The summed E-state index contributed by atoms with van der Waals surface area (Å²) in [4.78, 5) is 116. The number of hydrogen-bond donors (Lipinski definition) is 8. The lowest BCUT2D eigenvalue weighted by Gasteiger charge is -2.27. The van der Waals surface area contributed by atoms with Gasteiger partial charge in [0.1, 0.15) is 43.9 Å². The van der Waals surface area contributed by atoms with Gasteiger partial charge in [0.25, 0.3) is 0 Å². The number of esters is 1. The first-order chi connectivity index (χ1) is 32.0. The molecule has 0 aromatic heterocycles. The molecule has 358 valence electrons. The second-order valence-corrected chi connectivity index (χ2v) is 16.2. The van der Waals surface area contributed by atoms with Crippen molar-refractivity contribution in [2.75, 3.05) is 38.2 Å². The zero-order chi connectivity index (χ0) is 48.6. The molecule has 1 saturated heterocycles. The molecule has 0 spiro atoms. The van der Waals surface area contributed by atoms with Gasteiger partial charge in [-0.05, 0) is 65.6 Å². The van der Waals surface area contributed by atoms with Crippen molar-refractivity contribution in [2.24, 2.45) is 11.7 Å². The van der Waals surface area contributed by atoms with Gasteiger partial charge in [-0.3, -0.25) is 28.9 Å². The van der Waals surface area contributed by atoms with Gasteiger partial charge < -0.3 is 57.0 Å². The van der Waals surface area contributed by atoms with Gasteiger partial charge in [-0.2, -0.15) is 0 Å². The minimum Gasteiger partial charge on any atom is -0.480 e. The molecule has 3 aromatic rings. The van der Waals surface area contributed by atoms with E-state index in [1.807, 2.05) is 48.5 Å². The summed E-state index contributed by atoms with van der Waals surface area (Å²) >= 11 is 0. The molecule has 21 heteroatoms. The van der Waals surface area contributed by atoms with E-state index in [1.165, 1.54) is 12.1 Å². The molecule has 4 atom stereocenters. The number of carboxylic acids is 1. The number of aliphatic carboxylic acids is 1. The number of fused-ring (bicyclic) bond motifs is 3. The third-order valence-electron chi connectivity index (χ3n) is 11.0. The maximum absolute atomic E-state index is 14.0. The number of ether oxygens (including phenoxy) is 3. The number of alkyl carbamates (subject to hydrolysis) is 1. The third kappa shape index (κ3) is 14.4. The summed E-state index contributed by atoms with van der Waals surface area (Å²) in [5.41, 5.74) is 9.93. The number of primary amides is 1. The zero-order valence-corrected chi connectivity index (χ0v) is 37.3. The van der Waals surface area contributed by atoms with Gasteiger partial charge in [0.15, 0.2) is 0 Å². The molecule has 2 aliphatic rings. The van der Waals surface area contributed by atoms with Crippen LogP contribution < -0.4 is 37.6 Å². The monoisotopic (exact) mass is 928 g/mol. The standard InChI is InChI=1S/C46H56N8O13/c1-4-54(23-38(56)57)46(64)67-24-27-15-17-28(18-16-27)49-40(58)34(14-9-20-48-44(47)62)51-42(60)39(26(2)3)53-41(59)36(22-37(55)50-35-19-21-65-43(35)61)52-45(63)66-25-33-31-12-7-5-10-29(31)30-11-6-8-13-32(30)33/h5-8,10-13,15-18,26,33-36,39H,4,9,14,19-25H2,1-3H3,(H,49,58)(H,50,55)(H,51,60)(H,52,63)(H,53,59)(H,56,57)(H3,47,48,62)/t34-,35-,36-,39-/m0/s1. The topological polar surface area (TPSA) is 303 Å². The maximum Gasteiger partial charge on any atom is 0.410 e. The molecule has 0 saturated carbocycles. The van der Waals surface area contributed by atoms with Crippen LogP contribution in [0, 0.1) is 5.92 Å². The number of carboxylic acid groups (broad SMARTS) is 1. The van der Waals surface area contributed by atoms with E-state index in [1.54, 1.807) is 32.9 Å². The number of rotatable bonds is 22. The van der Waals surface area contributed by atoms with Crippen molar-refractivity contribution in [3.05, 3.63) is 89.5 Å². The molecule has 8 amide bonds. The number of nitrogens with two attached hydrogens (primary N) is 1. The summed E-state index contributed by atoms with van der Waals surface area (Å²) in [6, 6.07) is 15.7. The predicted octanol–water partition coefficient (Wildman–Crippen LogP) is 2.47. The Morgan fingerprint density at radius 1 is 0.836 bits per heavy atom. The summed E-state index contributed by atoms with van der Waals surface area (Å²) in [5, 5.41) is 24.4. The number of amides is 8. The second kappa shape index (κ2) is 24.0. The van der Waals surface area contributed by atoms with E-state index in [9.17, 15) is 43.2 Å². The van der Waals surface area contributed by atoms with Gasteiger partial charge in [0.2, 0.25) is 23.6 Å². The lowest BCUT2D eigenvalue weighted by Crippen LogP contribution is -2.58. The highest BCUT2D eigenvalue weighted by Crippen LogP contribution is 2.44. The van der Waals surface area contributed by atoms with Crippen LogP contribution in [0.25, 0.3) is 11.1 Å². The summed E-state index contributed by atoms with van der Waals surface area (Å²) in [6.07, 6.45) is -2.07. The van der Waals surface area contributed by atoms with Gasteiger partial charge in [0, 0.05) is 31.1 Å². The highest BCUT2D eigenvalue weighted by molar-refractivity contribution is 5.99. The predicted molar refractivity (Wildman–Crippen MR) is 240 cm³/mol. The van der Waals surface area contributed by atoms with Crippen molar-refractivity contribution < 1.29 is 62.5 Å². The molecule has 1 heterocycles. The van der Waals surface area contributed by atoms with Crippen LogP contribution in [0.5, 0.6) is 0 Å². The van der Waals surface area contributed by atoms with Crippen molar-refractivity contribution >= 4 is 59.5 Å². The van der Waals surface area contributed by atoms with E-state index in [0.29, 0.717) is 11.3 Å². The largest absolute Gasteiger partial charge is 0.480 e. The number of likely N-dealkylation sites (N-methyl/N-ethyl adjacent to an activating group) is 1. The number of hydrogen-bond acceptors (Lipinski definition) is 12. The molecule has 21 nitrogen and oxygen atoms in total. The van der Waals surface area contributed by atoms with Gasteiger partial charge in [-0.15, -0.1) is 0 Å². The van der Waals surface area contributed by atoms with Crippen molar-refractivity contribution in [1.82, 2.24) is 31.5 Å². The number of carbonyl (C=O) groups is 9.